The number of para-hydroxylation sites is 2. The first kappa shape index (κ1) is 7.25. The molecule has 0 amide bonds. The molecule has 0 radical (unpaired) electrons. The van der Waals surface area contributed by atoms with E-state index in [1.165, 1.54) is 10.6 Å². The number of aromatic nitrogens is 4. The number of nitrogens with zero attached hydrogens (tertiary/aromatic N) is 3. The number of H-pyrrole nitrogens is 1. The van der Waals surface area contributed by atoms with Gasteiger partial charge in [-0.05, 0) is 12.1 Å². The van der Waals surface area contributed by atoms with Crippen LogP contribution in [0.25, 0.3) is 16.7 Å². The normalized spacial score (nSPS) is 11.1. The molecule has 0 aliphatic heterocycles. The number of aromatic amines is 1. The van der Waals surface area contributed by atoms with Gasteiger partial charge in [-0.25, -0.2) is 19.3 Å². The number of fused-ring (bicyclic) bond motifs is 3. The van der Waals surface area contributed by atoms with E-state index in [1.54, 1.807) is 0 Å². The summed E-state index contributed by atoms with van der Waals surface area (Å²) >= 11 is 0. The topological polar surface area (TPSA) is 63.0 Å². The van der Waals surface area contributed by atoms with Crippen molar-refractivity contribution >= 4 is 16.7 Å². The van der Waals surface area contributed by atoms with Crippen molar-refractivity contribution in [2.75, 3.05) is 0 Å². The van der Waals surface area contributed by atoms with E-state index in [0.717, 1.165) is 11.0 Å². The lowest BCUT2D eigenvalue weighted by Gasteiger charge is -1.90. The molecule has 5 nitrogen and oxygen atoms in total. The van der Waals surface area contributed by atoms with Crippen LogP contribution in [0.1, 0.15) is 0 Å². The summed E-state index contributed by atoms with van der Waals surface area (Å²) in [6, 6.07) is 7.47. The van der Waals surface area contributed by atoms with E-state index in [-0.39, 0.29) is 5.69 Å². The Morgan fingerprint density at radius 2 is 2.14 bits per heavy atom. The second kappa shape index (κ2) is 2.41. The van der Waals surface area contributed by atoms with Gasteiger partial charge in [0.2, 0.25) is 0 Å². The Morgan fingerprint density at radius 1 is 1.29 bits per heavy atom. The summed E-state index contributed by atoms with van der Waals surface area (Å²) in [7, 11) is 0. The number of benzene rings is 1. The van der Waals surface area contributed by atoms with Crippen LogP contribution < -0.4 is 5.69 Å². The molecule has 2 heterocycles. The zero-order chi connectivity index (χ0) is 9.54. The summed E-state index contributed by atoms with van der Waals surface area (Å²) in [5, 5.41) is 6.06. The van der Waals surface area contributed by atoms with Gasteiger partial charge in [-0.1, -0.05) is 12.1 Å². The minimum atomic E-state index is -0.267. The van der Waals surface area contributed by atoms with Gasteiger partial charge < -0.3 is 0 Å². The standard InChI is InChI=1S/C9H6N4O/c14-9-12-10-5-8-11-6-3-1-2-4-7(6)13(8)9/h1-5H,(H,12,14). The van der Waals surface area contributed by atoms with Gasteiger partial charge >= 0.3 is 5.69 Å². The van der Waals surface area contributed by atoms with Gasteiger partial charge in [-0.2, -0.15) is 5.10 Å². The molecule has 0 aliphatic carbocycles. The van der Waals surface area contributed by atoms with Crippen LogP contribution in [0.4, 0.5) is 0 Å². The number of rotatable bonds is 0. The van der Waals surface area contributed by atoms with Gasteiger partial charge in [-0.15, -0.1) is 0 Å². The summed E-state index contributed by atoms with van der Waals surface area (Å²) in [6.07, 6.45) is 1.53. The third-order valence-corrected chi connectivity index (χ3v) is 2.13. The predicted molar refractivity (Wildman–Crippen MR) is 51.1 cm³/mol. The lowest BCUT2D eigenvalue weighted by atomic mass is 10.3. The van der Waals surface area contributed by atoms with Crippen LogP contribution in [0.3, 0.4) is 0 Å². The summed E-state index contributed by atoms with van der Waals surface area (Å²) in [6.45, 7) is 0. The summed E-state index contributed by atoms with van der Waals surface area (Å²) < 4.78 is 1.50. The molecule has 14 heavy (non-hydrogen) atoms. The Labute approximate surface area is 78.0 Å². The molecule has 0 saturated carbocycles. The molecule has 0 bridgehead atoms. The molecule has 3 rings (SSSR count). The molecule has 68 valence electrons. The molecule has 0 fully saturated rings. The molecule has 1 N–H and O–H groups in total. The second-order valence-corrected chi connectivity index (χ2v) is 2.97. The van der Waals surface area contributed by atoms with Crippen molar-refractivity contribution in [3.8, 4) is 0 Å². The predicted octanol–water partition coefficient (Wildman–Crippen LogP) is 0.571. The molecule has 0 atom stereocenters. The lowest BCUT2D eigenvalue weighted by molar-refractivity contribution is 0.897. The second-order valence-electron chi connectivity index (χ2n) is 2.97. The highest BCUT2D eigenvalue weighted by atomic mass is 16.1. The molecule has 1 aromatic carbocycles. The molecule has 0 unspecified atom stereocenters. The van der Waals surface area contributed by atoms with E-state index in [9.17, 15) is 4.79 Å². The lowest BCUT2D eigenvalue weighted by Crippen LogP contribution is -2.16. The summed E-state index contributed by atoms with van der Waals surface area (Å²) in [4.78, 5) is 15.7. The largest absolute Gasteiger partial charge is 0.348 e. The molecule has 3 aromatic rings. The van der Waals surface area contributed by atoms with E-state index in [2.05, 4.69) is 15.2 Å². The Hall–Kier alpha value is -2.17. The van der Waals surface area contributed by atoms with E-state index in [1.807, 2.05) is 24.3 Å². The van der Waals surface area contributed by atoms with Crippen LogP contribution in [0, 0.1) is 0 Å². The van der Waals surface area contributed by atoms with Crippen LogP contribution in [-0.4, -0.2) is 19.6 Å². The van der Waals surface area contributed by atoms with E-state index in [4.69, 9.17) is 0 Å². The van der Waals surface area contributed by atoms with Crippen molar-refractivity contribution in [2.45, 2.75) is 0 Å². The molecular weight excluding hydrogens is 180 g/mol. The highest BCUT2D eigenvalue weighted by Crippen LogP contribution is 2.12. The zero-order valence-electron chi connectivity index (χ0n) is 7.14. The van der Waals surface area contributed by atoms with Crippen molar-refractivity contribution in [1.82, 2.24) is 19.6 Å². The number of hydrogen-bond donors (Lipinski definition) is 1. The first-order valence-electron chi connectivity index (χ1n) is 4.17. The SMILES string of the molecule is O=c1[nH]ncc2nc3ccccc3n12. The van der Waals surface area contributed by atoms with Gasteiger partial charge in [0.25, 0.3) is 0 Å². The van der Waals surface area contributed by atoms with Crippen LogP contribution in [0.15, 0.2) is 35.3 Å². The van der Waals surface area contributed by atoms with Crippen LogP contribution in [0.5, 0.6) is 0 Å². The minimum absolute atomic E-state index is 0.267. The quantitative estimate of drug-likeness (QED) is 0.558. The maximum absolute atomic E-state index is 11.5. The van der Waals surface area contributed by atoms with Crippen molar-refractivity contribution < 1.29 is 0 Å². The smallest absolute Gasteiger partial charge is 0.246 e. The number of imidazole rings is 1. The van der Waals surface area contributed by atoms with E-state index in [0.29, 0.717) is 5.65 Å². The van der Waals surface area contributed by atoms with Gasteiger partial charge in [0.1, 0.15) is 0 Å². The van der Waals surface area contributed by atoms with Crippen molar-refractivity contribution in [3.05, 3.63) is 40.9 Å². The third-order valence-electron chi connectivity index (χ3n) is 2.13. The zero-order valence-corrected chi connectivity index (χ0v) is 7.14. The van der Waals surface area contributed by atoms with Crippen molar-refractivity contribution in [2.24, 2.45) is 0 Å². The highest BCUT2D eigenvalue weighted by Gasteiger charge is 2.04. The molecule has 5 heteroatoms. The highest BCUT2D eigenvalue weighted by molar-refractivity contribution is 5.79. The summed E-state index contributed by atoms with van der Waals surface area (Å²) in [5.74, 6) is 0. The number of hydrogen-bond acceptors (Lipinski definition) is 3. The first-order valence-corrected chi connectivity index (χ1v) is 4.17. The Morgan fingerprint density at radius 3 is 3.07 bits per heavy atom. The average Bonchev–Trinajstić information content (AvgIpc) is 2.57. The van der Waals surface area contributed by atoms with Gasteiger partial charge in [0, 0.05) is 0 Å². The average molecular weight is 186 g/mol. The van der Waals surface area contributed by atoms with Crippen LogP contribution >= 0.6 is 0 Å². The van der Waals surface area contributed by atoms with Crippen molar-refractivity contribution in [3.63, 3.8) is 0 Å². The Balaban J connectivity index is 2.73. The Kier molecular flexibility index (Phi) is 1.25. The fourth-order valence-electron chi connectivity index (χ4n) is 1.54. The van der Waals surface area contributed by atoms with Gasteiger partial charge in [-0.3, -0.25) is 0 Å². The molecule has 0 saturated heterocycles. The minimum Gasteiger partial charge on any atom is -0.246 e. The maximum Gasteiger partial charge on any atom is 0.348 e. The molecule has 0 spiro atoms. The van der Waals surface area contributed by atoms with E-state index >= 15 is 0 Å². The van der Waals surface area contributed by atoms with Crippen molar-refractivity contribution in [1.29, 1.82) is 0 Å². The fourth-order valence-corrected chi connectivity index (χ4v) is 1.54. The number of nitrogens with one attached hydrogen (secondary N) is 1. The molecule has 2 aromatic heterocycles. The maximum atomic E-state index is 11.5. The fraction of sp³-hybridized carbons (Fsp3) is 0. The van der Waals surface area contributed by atoms with Gasteiger partial charge in [0.05, 0.1) is 17.2 Å². The van der Waals surface area contributed by atoms with E-state index < -0.39 is 0 Å². The molecular formula is C9H6N4O. The summed E-state index contributed by atoms with van der Waals surface area (Å²) in [5.41, 5.74) is 1.89. The monoisotopic (exact) mass is 186 g/mol. The van der Waals surface area contributed by atoms with Crippen LogP contribution in [-0.2, 0) is 0 Å². The Bertz CT molecular complexity index is 667. The van der Waals surface area contributed by atoms with Crippen LogP contribution in [0.2, 0.25) is 0 Å². The van der Waals surface area contributed by atoms with Gasteiger partial charge in [0.15, 0.2) is 5.65 Å². The third kappa shape index (κ3) is 0.806. The first-order chi connectivity index (χ1) is 6.86. The molecule has 0 aliphatic rings.